The number of methoxy groups -OCH3 is 1. The second-order valence-corrected chi connectivity index (χ2v) is 3.05. The van der Waals surface area contributed by atoms with Crippen molar-refractivity contribution >= 4 is 11.4 Å². The molecule has 0 atom stereocenters. The Morgan fingerprint density at radius 1 is 1.50 bits per heavy atom. The quantitative estimate of drug-likeness (QED) is 0.570. The van der Waals surface area contributed by atoms with Crippen molar-refractivity contribution in [2.24, 2.45) is 0 Å². The fraction of sp³-hybridized carbons (Fsp3) is 0.400. The van der Waals surface area contributed by atoms with E-state index in [0.29, 0.717) is 23.7 Å². The lowest BCUT2D eigenvalue weighted by Gasteiger charge is -2.17. The van der Waals surface area contributed by atoms with Crippen molar-refractivity contribution in [2.45, 2.75) is 13.3 Å². The third-order valence-corrected chi connectivity index (χ3v) is 1.95. The van der Waals surface area contributed by atoms with Crippen LogP contribution in [-0.4, -0.2) is 18.9 Å². The Labute approximate surface area is 83.9 Å². The van der Waals surface area contributed by atoms with E-state index >= 15 is 0 Å². The number of hydrogen-bond donors (Lipinski definition) is 2. The summed E-state index contributed by atoms with van der Waals surface area (Å²) in [6.07, 6.45) is 0.877. The molecule has 0 aliphatic carbocycles. The Kier molecular flexibility index (Phi) is 3.59. The van der Waals surface area contributed by atoms with Gasteiger partial charge in [0.05, 0.1) is 18.5 Å². The molecule has 3 N–H and O–H groups in total. The molecule has 0 heterocycles. The molecule has 0 radical (unpaired) electrons. The normalized spacial score (nSPS) is 9.93. The molecule has 14 heavy (non-hydrogen) atoms. The summed E-state index contributed by atoms with van der Waals surface area (Å²) in [5.41, 5.74) is 6.92. The van der Waals surface area contributed by atoms with Crippen LogP contribution in [0.25, 0.3) is 0 Å². The van der Waals surface area contributed by atoms with Crippen molar-refractivity contribution in [1.82, 2.24) is 0 Å². The standard InChI is InChI=1S/C10H16N2O2/c1-3-6-12(13)8-4-5-10(14-2)9(11)7-8/h4-5,7,13H,3,6,11H2,1-2H3. The lowest BCUT2D eigenvalue weighted by molar-refractivity contribution is 0.254. The van der Waals surface area contributed by atoms with Gasteiger partial charge in [-0.05, 0) is 24.6 Å². The minimum atomic E-state index is 0.528. The Bertz CT molecular complexity index is 302. The molecule has 0 spiro atoms. The van der Waals surface area contributed by atoms with Gasteiger partial charge >= 0.3 is 0 Å². The zero-order chi connectivity index (χ0) is 10.6. The first-order valence-corrected chi connectivity index (χ1v) is 4.59. The predicted octanol–water partition coefficient (Wildman–Crippen LogP) is 1.88. The van der Waals surface area contributed by atoms with Crippen LogP contribution in [0.15, 0.2) is 18.2 Å². The van der Waals surface area contributed by atoms with E-state index in [0.717, 1.165) is 6.42 Å². The highest BCUT2D eigenvalue weighted by Crippen LogP contribution is 2.26. The number of ether oxygens (including phenoxy) is 1. The van der Waals surface area contributed by atoms with E-state index in [2.05, 4.69) is 0 Å². The Hall–Kier alpha value is -1.42. The molecule has 1 rings (SSSR count). The van der Waals surface area contributed by atoms with Gasteiger partial charge in [-0.1, -0.05) is 6.92 Å². The first-order valence-electron chi connectivity index (χ1n) is 4.59. The summed E-state index contributed by atoms with van der Waals surface area (Å²) in [6.45, 7) is 2.59. The van der Waals surface area contributed by atoms with Crippen molar-refractivity contribution in [3.63, 3.8) is 0 Å². The highest BCUT2D eigenvalue weighted by atomic mass is 16.5. The van der Waals surface area contributed by atoms with E-state index in [9.17, 15) is 5.21 Å². The maximum absolute atomic E-state index is 9.55. The average molecular weight is 196 g/mol. The van der Waals surface area contributed by atoms with E-state index in [4.69, 9.17) is 10.5 Å². The van der Waals surface area contributed by atoms with E-state index < -0.39 is 0 Å². The largest absolute Gasteiger partial charge is 0.495 e. The summed E-state index contributed by atoms with van der Waals surface area (Å²) < 4.78 is 5.01. The van der Waals surface area contributed by atoms with E-state index in [1.165, 1.54) is 5.06 Å². The summed E-state index contributed by atoms with van der Waals surface area (Å²) in [4.78, 5) is 0. The molecular formula is C10H16N2O2. The number of nitrogens with two attached hydrogens (primary N) is 1. The van der Waals surface area contributed by atoms with Gasteiger partial charge in [-0.3, -0.25) is 10.3 Å². The molecule has 0 bridgehead atoms. The van der Waals surface area contributed by atoms with E-state index in [1.807, 2.05) is 6.92 Å². The van der Waals surface area contributed by atoms with Crippen LogP contribution in [0.2, 0.25) is 0 Å². The van der Waals surface area contributed by atoms with Crippen molar-refractivity contribution in [3.05, 3.63) is 18.2 Å². The van der Waals surface area contributed by atoms with Crippen LogP contribution >= 0.6 is 0 Å². The van der Waals surface area contributed by atoms with Crippen molar-refractivity contribution in [3.8, 4) is 5.75 Å². The summed E-state index contributed by atoms with van der Waals surface area (Å²) >= 11 is 0. The van der Waals surface area contributed by atoms with Crippen molar-refractivity contribution < 1.29 is 9.94 Å². The third kappa shape index (κ3) is 2.29. The topological polar surface area (TPSA) is 58.7 Å². The van der Waals surface area contributed by atoms with Gasteiger partial charge in [-0.25, -0.2) is 0 Å². The van der Waals surface area contributed by atoms with Gasteiger partial charge in [-0.2, -0.15) is 0 Å². The second-order valence-electron chi connectivity index (χ2n) is 3.05. The minimum Gasteiger partial charge on any atom is -0.495 e. The molecule has 1 aromatic carbocycles. The van der Waals surface area contributed by atoms with Crippen molar-refractivity contribution in [2.75, 3.05) is 24.5 Å². The van der Waals surface area contributed by atoms with Gasteiger partial charge in [-0.15, -0.1) is 0 Å². The van der Waals surface area contributed by atoms with Crippen LogP contribution in [-0.2, 0) is 0 Å². The van der Waals surface area contributed by atoms with Crippen LogP contribution in [0, 0.1) is 0 Å². The molecule has 1 aromatic rings. The highest BCUT2D eigenvalue weighted by molar-refractivity contribution is 5.62. The molecule has 0 aliphatic rings. The fourth-order valence-corrected chi connectivity index (χ4v) is 1.22. The molecule has 4 nitrogen and oxygen atoms in total. The molecular weight excluding hydrogens is 180 g/mol. The predicted molar refractivity (Wildman–Crippen MR) is 56.8 cm³/mol. The molecule has 0 saturated carbocycles. The monoisotopic (exact) mass is 196 g/mol. The van der Waals surface area contributed by atoms with E-state index in [1.54, 1.807) is 25.3 Å². The summed E-state index contributed by atoms with van der Waals surface area (Å²) in [7, 11) is 1.56. The molecule has 0 saturated heterocycles. The zero-order valence-electron chi connectivity index (χ0n) is 8.53. The van der Waals surface area contributed by atoms with Gasteiger partial charge in [0.25, 0.3) is 0 Å². The first-order chi connectivity index (χ1) is 6.69. The number of rotatable bonds is 4. The van der Waals surface area contributed by atoms with Crippen molar-refractivity contribution in [1.29, 1.82) is 0 Å². The third-order valence-electron chi connectivity index (χ3n) is 1.95. The van der Waals surface area contributed by atoms with Gasteiger partial charge in [0, 0.05) is 6.54 Å². The van der Waals surface area contributed by atoms with Crippen LogP contribution in [0.1, 0.15) is 13.3 Å². The number of hydrogen-bond acceptors (Lipinski definition) is 4. The maximum atomic E-state index is 9.55. The number of benzene rings is 1. The summed E-state index contributed by atoms with van der Waals surface area (Å²) in [5, 5.41) is 10.7. The van der Waals surface area contributed by atoms with Crippen LogP contribution < -0.4 is 15.5 Å². The average Bonchev–Trinajstić information content (AvgIpc) is 2.18. The molecule has 0 aromatic heterocycles. The van der Waals surface area contributed by atoms with Crippen LogP contribution in [0.5, 0.6) is 5.75 Å². The number of nitrogens with zero attached hydrogens (tertiary/aromatic N) is 1. The Balaban J connectivity index is 2.85. The number of anilines is 2. The lowest BCUT2D eigenvalue weighted by atomic mass is 10.2. The highest BCUT2D eigenvalue weighted by Gasteiger charge is 2.04. The molecule has 0 aliphatic heterocycles. The summed E-state index contributed by atoms with van der Waals surface area (Å²) in [5.74, 6) is 0.624. The fourth-order valence-electron chi connectivity index (χ4n) is 1.22. The number of nitrogen functional groups attached to an aromatic ring is 1. The number of hydroxylamine groups is 1. The first kappa shape index (κ1) is 10.7. The molecule has 78 valence electrons. The summed E-state index contributed by atoms with van der Waals surface area (Å²) in [6, 6.07) is 5.20. The molecule has 0 fully saturated rings. The smallest absolute Gasteiger partial charge is 0.141 e. The van der Waals surface area contributed by atoms with E-state index in [-0.39, 0.29) is 0 Å². The molecule has 0 amide bonds. The van der Waals surface area contributed by atoms with Gasteiger partial charge in [0.2, 0.25) is 0 Å². The second kappa shape index (κ2) is 4.72. The SMILES string of the molecule is CCCN(O)c1ccc(OC)c(N)c1. The van der Waals surface area contributed by atoms with Crippen LogP contribution in [0.4, 0.5) is 11.4 Å². The van der Waals surface area contributed by atoms with Gasteiger partial charge in [0.15, 0.2) is 0 Å². The maximum Gasteiger partial charge on any atom is 0.141 e. The van der Waals surface area contributed by atoms with Crippen LogP contribution in [0.3, 0.4) is 0 Å². The Morgan fingerprint density at radius 2 is 2.21 bits per heavy atom. The minimum absolute atomic E-state index is 0.528. The Morgan fingerprint density at radius 3 is 2.71 bits per heavy atom. The van der Waals surface area contributed by atoms with Gasteiger partial charge < -0.3 is 10.5 Å². The molecule has 4 heteroatoms. The zero-order valence-corrected chi connectivity index (χ0v) is 8.53. The van der Waals surface area contributed by atoms with Gasteiger partial charge in [0.1, 0.15) is 5.75 Å². The molecule has 0 unspecified atom stereocenters. The lowest BCUT2D eigenvalue weighted by Crippen LogP contribution is -2.18.